The quantitative estimate of drug-likeness (QED) is 0.819. The molecule has 1 aliphatic rings. The Morgan fingerprint density at radius 1 is 1.67 bits per heavy atom. The lowest BCUT2D eigenvalue weighted by molar-refractivity contribution is -0.119. The van der Waals surface area contributed by atoms with Gasteiger partial charge in [-0.25, -0.2) is 4.98 Å². The number of nitrogens with one attached hydrogen (secondary N) is 2. The van der Waals surface area contributed by atoms with Crippen LogP contribution in [0.1, 0.15) is 19.8 Å². The van der Waals surface area contributed by atoms with Gasteiger partial charge in [0.05, 0.1) is 16.8 Å². The highest BCUT2D eigenvalue weighted by Crippen LogP contribution is 2.24. The Morgan fingerprint density at radius 3 is 3.17 bits per heavy atom. The van der Waals surface area contributed by atoms with E-state index in [1.807, 2.05) is 0 Å². The van der Waals surface area contributed by atoms with E-state index in [0.29, 0.717) is 21.2 Å². The molecule has 2 rings (SSSR count). The van der Waals surface area contributed by atoms with Gasteiger partial charge in [-0.1, -0.05) is 18.5 Å². The minimum absolute atomic E-state index is 0.0352. The second-order valence-electron chi connectivity index (χ2n) is 4.53. The zero-order valence-electron chi connectivity index (χ0n) is 10.0. The molecule has 18 heavy (non-hydrogen) atoms. The van der Waals surface area contributed by atoms with Crippen molar-refractivity contribution in [1.82, 2.24) is 10.3 Å². The fourth-order valence-electron chi connectivity index (χ4n) is 2.12. The van der Waals surface area contributed by atoms with Crippen LogP contribution in [0.2, 0.25) is 5.02 Å². The first-order valence-electron chi connectivity index (χ1n) is 5.93. The molecule has 0 spiro atoms. The molecule has 0 aromatic carbocycles. The van der Waals surface area contributed by atoms with Gasteiger partial charge in [0, 0.05) is 6.20 Å². The summed E-state index contributed by atoms with van der Waals surface area (Å²) in [7, 11) is 0. The van der Waals surface area contributed by atoms with E-state index in [9.17, 15) is 4.79 Å². The van der Waals surface area contributed by atoms with Crippen LogP contribution in [-0.4, -0.2) is 23.5 Å². The third-order valence-electron chi connectivity index (χ3n) is 3.12. The van der Waals surface area contributed by atoms with Crippen LogP contribution in [-0.2, 0) is 4.79 Å². The van der Waals surface area contributed by atoms with Crippen molar-refractivity contribution in [2.45, 2.75) is 25.8 Å². The molecule has 4 nitrogen and oxygen atoms in total. The Hall–Kier alpha value is -0.650. The molecule has 1 amide bonds. The highest BCUT2D eigenvalue weighted by Gasteiger charge is 2.27. The van der Waals surface area contributed by atoms with Gasteiger partial charge in [-0.05, 0) is 47.3 Å². The molecule has 6 heteroatoms. The summed E-state index contributed by atoms with van der Waals surface area (Å²) in [5, 5.41) is 6.60. The molecule has 98 valence electrons. The molecule has 0 radical (unpaired) electrons. The fourth-order valence-corrected chi connectivity index (χ4v) is 2.60. The van der Waals surface area contributed by atoms with Gasteiger partial charge in [0.1, 0.15) is 4.60 Å². The van der Waals surface area contributed by atoms with E-state index in [0.717, 1.165) is 19.4 Å². The van der Waals surface area contributed by atoms with Crippen LogP contribution in [0.5, 0.6) is 0 Å². The minimum Gasteiger partial charge on any atom is -0.322 e. The number of hydrogen-bond donors (Lipinski definition) is 2. The van der Waals surface area contributed by atoms with Crippen LogP contribution in [0.15, 0.2) is 16.9 Å². The molecule has 2 N–H and O–H groups in total. The summed E-state index contributed by atoms with van der Waals surface area (Å²) >= 11 is 9.16. The smallest absolute Gasteiger partial charge is 0.241 e. The Labute approximate surface area is 120 Å². The number of carbonyl (C=O) groups is 1. The van der Waals surface area contributed by atoms with Crippen LogP contribution in [0.4, 0.5) is 5.69 Å². The van der Waals surface area contributed by atoms with Gasteiger partial charge >= 0.3 is 0 Å². The van der Waals surface area contributed by atoms with Crippen LogP contribution >= 0.6 is 27.5 Å². The normalized spacial score (nSPS) is 23.7. The van der Waals surface area contributed by atoms with Gasteiger partial charge < -0.3 is 10.6 Å². The molecular formula is C12H15BrClN3O. The number of piperidine rings is 1. The van der Waals surface area contributed by atoms with E-state index in [2.05, 4.69) is 38.5 Å². The molecule has 2 heterocycles. The van der Waals surface area contributed by atoms with Crippen molar-refractivity contribution < 1.29 is 4.79 Å². The number of anilines is 1. The van der Waals surface area contributed by atoms with Crippen molar-refractivity contribution >= 4 is 39.1 Å². The summed E-state index contributed by atoms with van der Waals surface area (Å²) in [5.41, 5.74) is 0.604. The molecule has 1 aromatic rings. The van der Waals surface area contributed by atoms with Crippen molar-refractivity contribution in [3.8, 4) is 0 Å². The summed E-state index contributed by atoms with van der Waals surface area (Å²) in [6.07, 6.45) is 3.72. The largest absolute Gasteiger partial charge is 0.322 e. The Morgan fingerprint density at radius 2 is 2.44 bits per heavy atom. The predicted molar refractivity (Wildman–Crippen MR) is 75.8 cm³/mol. The summed E-state index contributed by atoms with van der Waals surface area (Å²) in [6.45, 7) is 2.97. The lowest BCUT2D eigenvalue weighted by Gasteiger charge is -2.29. The summed E-state index contributed by atoms with van der Waals surface area (Å²) in [6, 6.07) is 1.54. The lowest BCUT2D eigenvalue weighted by Crippen LogP contribution is -2.48. The second kappa shape index (κ2) is 5.99. The van der Waals surface area contributed by atoms with Crippen LogP contribution < -0.4 is 10.6 Å². The van der Waals surface area contributed by atoms with Crippen LogP contribution in [0.25, 0.3) is 0 Å². The Kier molecular flexibility index (Phi) is 4.59. The first-order valence-corrected chi connectivity index (χ1v) is 7.10. The summed E-state index contributed by atoms with van der Waals surface area (Å²) in [5.74, 6) is 0.302. The molecule has 0 bridgehead atoms. The maximum absolute atomic E-state index is 12.2. The molecule has 1 fully saturated rings. The van der Waals surface area contributed by atoms with Crippen molar-refractivity contribution in [2.24, 2.45) is 5.92 Å². The number of nitrogens with zero attached hydrogens (tertiary/aromatic N) is 1. The van der Waals surface area contributed by atoms with E-state index >= 15 is 0 Å². The SMILES string of the molecule is CC1CCCNC1C(=O)Nc1cc(Cl)cnc1Br. The second-order valence-corrected chi connectivity index (χ2v) is 5.72. The van der Waals surface area contributed by atoms with E-state index in [4.69, 9.17) is 11.6 Å². The zero-order valence-corrected chi connectivity index (χ0v) is 12.4. The number of carbonyl (C=O) groups excluding carboxylic acids is 1. The monoisotopic (exact) mass is 331 g/mol. The average molecular weight is 333 g/mol. The van der Waals surface area contributed by atoms with Gasteiger partial charge in [-0.15, -0.1) is 0 Å². The van der Waals surface area contributed by atoms with Gasteiger partial charge in [-0.2, -0.15) is 0 Å². The maximum Gasteiger partial charge on any atom is 0.241 e. The highest BCUT2D eigenvalue weighted by atomic mass is 79.9. The van der Waals surface area contributed by atoms with Crippen LogP contribution in [0, 0.1) is 5.92 Å². The lowest BCUT2D eigenvalue weighted by atomic mass is 9.92. The van der Waals surface area contributed by atoms with E-state index in [-0.39, 0.29) is 11.9 Å². The van der Waals surface area contributed by atoms with E-state index < -0.39 is 0 Å². The van der Waals surface area contributed by atoms with E-state index in [1.165, 1.54) is 6.20 Å². The van der Waals surface area contributed by atoms with Gasteiger partial charge in [0.25, 0.3) is 0 Å². The molecular weight excluding hydrogens is 318 g/mol. The molecule has 1 aliphatic heterocycles. The maximum atomic E-state index is 12.2. The molecule has 0 aliphatic carbocycles. The Balaban J connectivity index is 2.08. The molecule has 2 atom stereocenters. The van der Waals surface area contributed by atoms with Crippen molar-refractivity contribution in [3.05, 3.63) is 21.9 Å². The number of halogens is 2. The number of pyridine rings is 1. The molecule has 2 unspecified atom stereocenters. The first kappa shape index (κ1) is 13.8. The number of amides is 1. The fraction of sp³-hybridized carbons (Fsp3) is 0.500. The first-order chi connectivity index (χ1) is 8.58. The zero-order chi connectivity index (χ0) is 13.1. The third-order valence-corrected chi connectivity index (χ3v) is 3.95. The van der Waals surface area contributed by atoms with Crippen molar-refractivity contribution in [2.75, 3.05) is 11.9 Å². The molecule has 0 saturated carbocycles. The van der Waals surface area contributed by atoms with Gasteiger partial charge in [0.2, 0.25) is 5.91 Å². The number of rotatable bonds is 2. The summed E-state index contributed by atoms with van der Waals surface area (Å²) in [4.78, 5) is 16.2. The number of hydrogen-bond acceptors (Lipinski definition) is 3. The predicted octanol–water partition coefficient (Wildman–Crippen LogP) is 2.82. The number of aromatic nitrogens is 1. The highest BCUT2D eigenvalue weighted by molar-refractivity contribution is 9.10. The van der Waals surface area contributed by atoms with Crippen molar-refractivity contribution in [1.29, 1.82) is 0 Å². The standard InChI is InChI=1S/C12H15BrClN3O/c1-7-3-2-4-15-10(7)12(18)17-9-5-8(14)6-16-11(9)13/h5-7,10,15H,2-4H2,1H3,(H,17,18). The summed E-state index contributed by atoms with van der Waals surface area (Å²) < 4.78 is 0.587. The molecule has 1 saturated heterocycles. The molecule has 1 aromatic heterocycles. The minimum atomic E-state index is -0.148. The van der Waals surface area contributed by atoms with E-state index in [1.54, 1.807) is 6.07 Å². The van der Waals surface area contributed by atoms with Gasteiger partial charge in [-0.3, -0.25) is 4.79 Å². The van der Waals surface area contributed by atoms with Crippen molar-refractivity contribution in [3.63, 3.8) is 0 Å². The average Bonchev–Trinajstić information content (AvgIpc) is 2.34. The van der Waals surface area contributed by atoms with Crippen LogP contribution in [0.3, 0.4) is 0 Å². The Bertz CT molecular complexity index is 455. The third kappa shape index (κ3) is 3.22. The van der Waals surface area contributed by atoms with Gasteiger partial charge in [0.15, 0.2) is 0 Å². The topological polar surface area (TPSA) is 54.0 Å².